The number of H-pyrrole nitrogens is 1. The van der Waals surface area contributed by atoms with Gasteiger partial charge in [-0.1, -0.05) is 40.9 Å². The van der Waals surface area contributed by atoms with Crippen molar-refractivity contribution in [3.05, 3.63) is 55.1 Å². The first kappa shape index (κ1) is 18.0. The monoisotopic (exact) mass is 431 g/mol. The first-order valence-electron chi connectivity index (χ1n) is 9.24. The minimum Gasteiger partial charge on any atom is -0.353 e. The molecule has 0 atom stereocenters. The molecule has 0 bridgehead atoms. The zero-order valence-electron chi connectivity index (χ0n) is 15.2. The summed E-state index contributed by atoms with van der Waals surface area (Å²) in [5.74, 6) is 0.729. The van der Waals surface area contributed by atoms with Crippen LogP contribution in [0, 0.1) is 0 Å². The van der Waals surface area contributed by atoms with E-state index in [1.54, 1.807) is 11.7 Å². The van der Waals surface area contributed by atoms with Gasteiger partial charge in [-0.3, -0.25) is 19.0 Å². The first-order chi connectivity index (χ1) is 13.0. The van der Waals surface area contributed by atoms with E-state index in [9.17, 15) is 9.59 Å². The second-order valence-electron chi connectivity index (χ2n) is 7.03. The fourth-order valence-corrected chi connectivity index (χ4v) is 4.18. The normalized spacial score (nSPS) is 15.3. The van der Waals surface area contributed by atoms with E-state index in [0.29, 0.717) is 17.6 Å². The number of fused-ring (bicyclic) bond motifs is 1. The zero-order chi connectivity index (χ0) is 19.0. The molecule has 0 radical (unpaired) electrons. The smallest absolute Gasteiger partial charge is 0.328 e. The van der Waals surface area contributed by atoms with Crippen molar-refractivity contribution in [2.45, 2.75) is 32.2 Å². The van der Waals surface area contributed by atoms with Crippen LogP contribution in [0.25, 0.3) is 11.0 Å². The molecule has 0 amide bonds. The molecule has 2 aromatic heterocycles. The number of halogens is 1. The second kappa shape index (κ2) is 7.34. The van der Waals surface area contributed by atoms with Gasteiger partial charge in [0.05, 0.1) is 6.54 Å². The molecule has 1 aliphatic heterocycles. The van der Waals surface area contributed by atoms with E-state index in [2.05, 4.69) is 25.8 Å². The molecule has 3 aromatic rings. The summed E-state index contributed by atoms with van der Waals surface area (Å²) in [4.78, 5) is 29.5. The summed E-state index contributed by atoms with van der Waals surface area (Å²) >= 11 is 3.49. The minimum atomic E-state index is -0.412. The van der Waals surface area contributed by atoms with E-state index in [0.717, 1.165) is 41.8 Å². The van der Waals surface area contributed by atoms with Crippen LogP contribution >= 0.6 is 15.9 Å². The molecule has 0 unspecified atom stereocenters. The fourth-order valence-electron chi connectivity index (χ4n) is 3.73. The number of aromatic amines is 1. The Hall–Kier alpha value is -2.35. The van der Waals surface area contributed by atoms with Crippen molar-refractivity contribution < 1.29 is 0 Å². The molecule has 1 aliphatic rings. The molecule has 0 saturated carbocycles. The van der Waals surface area contributed by atoms with Crippen molar-refractivity contribution in [1.29, 1.82) is 0 Å². The van der Waals surface area contributed by atoms with Gasteiger partial charge in [-0.2, -0.15) is 5.10 Å². The van der Waals surface area contributed by atoms with E-state index < -0.39 is 11.2 Å². The topological polar surface area (TPSA) is 75.9 Å². The van der Waals surface area contributed by atoms with Gasteiger partial charge in [-0.25, -0.2) is 4.79 Å². The number of hydrogen-bond donors (Lipinski definition) is 1. The molecule has 7 nitrogen and oxygen atoms in total. The van der Waals surface area contributed by atoms with Crippen LogP contribution < -0.4 is 16.1 Å². The second-order valence-corrected chi connectivity index (χ2v) is 7.94. The van der Waals surface area contributed by atoms with Crippen molar-refractivity contribution in [1.82, 2.24) is 19.3 Å². The summed E-state index contributed by atoms with van der Waals surface area (Å²) < 4.78 is 4.20. The Kier molecular flexibility index (Phi) is 4.90. The highest BCUT2D eigenvalue weighted by atomic mass is 79.9. The zero-order valence-corrected chi connectivity index (χ0v) is 16.8. The maximum Gasteiger partial charge on any atom is 0.328 e. The fraction of sp³-hybridized carbons (Fsp3) is 0.421. The molecular weight excluding hydrogens is 410 g/mol. The van der Waals surface area contributed by atoms with Crippen LogP contribution in [0.15, 0.2) is 38.3 Å². The molecule has 3 heterocycles. The lowest BCUT2D eigenvalue weighted by Gasteiger charge is -2.20. The average Bonchev–Trinajstić information content (AvgIpc) is 2.81. The number of rotatable bonds is 3. The highest BCUT2D eigenvalue weighted by molar-refractivity contribution is 9.10. The van der Waals surface area contributed by atoms with Gasteiger partial charge in [0.1, 0.15) is 5.52 Å². The third kappa shape index (κ3) is 3.45. The van der Waals surface area contributed by atoms with Gasteiger partial charge in [0.2, 0.25) is 0 Å². The summed E-state index contributed by atoms with van der Waals surface area (Å²) in [6.07, 6.45) is 4.59. The van der Waals surface area contributed by atoms with Gasteiger partial charge in [0.25, 0.3) is 5.56 Å². The highest BCUT2D eigenvalue weighted by Gasteiger charge is 2.23. The van der Waals surface area contributed by atoms with E-state index in [1.165, 1.54) is 17.4 Å². The van der Waals surface area contributed by atoms with Gasteiger partial charge in [0.15, 0.2) is 11.3 Å². The van der Waals surface area contributed by atoms with Crippen LogP contribution in [0.5, 0.6) is 0 Å². The summed E-state index contributed by atoms with van der Waals surface area (Å²) in [6, 6.07) is 7.93. The molecule has 4 rings (SSSR count). The summed E-state index contributed by atoms with van der Waals surface area (Å²) in [5.41, 5.74) is 1.28. The average molecular weight is 432 g/mol. The summed E-state index contributed by atoms with van der Waals surface area (Å²) in [7, 11) is 1.69. The maximum absolute atomic E-state index is 12.6. The van der Waals surface area contributed by atoms with Crippen molar-refractivity contribution in [3.8, 4) is 0 Å². The van der Waals surface area contributed by atoms with Crippen molar-refractivity contribution >= 4 is 32.8 Å². The van der Waals surface area contributed by atoms with E-state index in [1.807, 2.05) is 24.3 Å². The third-order valence-corrected chi connectivity index (χ3v) is 5.61. The quantitative estimate of drug-likeness (QED) is 0.691. The number of nitrogens with zero attached hydrogens (tertiary/aromatic N) is 4. The Balaban J connectivity index is 1.90. The predicted octanol–water partition coefficient (Wildman–Crippen LogP) is 2.61. The van der Waals surface area contributed by atoms with E-state index in [4.69, 9.17) is 5.10 Å². The number of benzene rings is 1. The lowest BCUT2D eigenvalue weighted by Crippen LogP contribution is -2.30. The van der Waals surface area contributed by atoms with Crippen molar-refractivity contribution in [2.75, 3.05) is 18.0 Å². The van der Waals surface area contributed by atoms with Gasteiger partial charge >= 0.3 is 5.69 Å². The van der Waals surface area contributed by atoms with Crippen molar-refractivity contribution in [2.24, 2.45) is 7.05 Å². The van der Waals surface area contributed by atoms with E-state index in [-0.39, 0.29) is 0 Å². The van der Waals surface area contributed by atoms with Crippen LogP contribution in [0.3, 0.4) is 0 Å². The lowest BCUT2D eigenvalue weighted by atomic mass is 10.2. The molecule has 1 saturated heterocycles. The van der Waals surface area contributed by atoms with Crippen LogP contribution in [0.1, 0.15) is 31.2 Å². The molecule has 1 N–H and O–H groups in total. The number of anilines is 1. The molecular formula is C19H22BrN5O2. The SMILES string of the molecule is Cn1c(=O)[nH]c(=O)c2c1c(N1CCCCCC1)nn2Cc1cccc(Br)c1. The van der Waals surface area contributed by atoms with Crippen LogP contribution in [-0.2, 0) is 13.6 Å². The Morgan fingerprint density at radius 2 is 1.85 bits per heavy atom. The molecule has 142 valence electrons. The largest absolute Gasteiger partial charge is 0.353 e. The predicted molar refractivity (Wildman–Crippen MR) is 110 cm³/mol. The molecule has 0 aliphatic carbocycles. The van der Waals surface area contributed by atoms with Crippen LogP contribution in [0.4, 0.5) is 5.82 Å². The maximum atomic E-state index is 12.6. The first-order valence-corrected chi connectivity index (χ1v) is 10.0. The molecule has 27 heavy (non-hydrogen) atoms. The Bertz CT molecular complexity index is 1090. The Morgan fingerprint density at radius 1 is 1.11 bits per heavy atom. The minimum absolute atomic E-state index is 0.392. The summed E-state index contributed by atoms with van der Waals surface area (Å²) in [6.45, 7) is 2.25. The number of aromatic nitrogens is 4. The van der Waals surface area contributed by atoms with Crippen molar-refractivity contribution in [3.63, 3.8) is 0 Å². The molecule has 0 spiro atoms. The third-order valence-electron chi connectivity index (χ3n) is 5.11. The molecule has 8 heteroatoms. The molecule has 1 aromatic carbocycles. The summed E-state index contributed by atoms with van der Waals surface area (Å²) in [5, 5.41) is 4.79. The number of aryl methyl sites for hydroxylation is 1. The highest BCUT2D eigenvalue weighted by Crippen LogP contribution is 2.26. The number of hydrogen-bond acceptors (Lipinski definition) is 4. The van der Waals surface area contributed by atoms with Crippen LogP contribution in [-0.4, -0.2) is 32.4 Å². The lowest BCUT2D eigenvalue weighted by molar-refractivity contribution is 0.689. The Labute approximate surface area is 164 Å². The van der Waals surface area contributed by atoms with E-state index >= 15 is 0 Å². The molecule has 1 fully saturated rings. The standard InChI is InChI=1S/C19H22BrN5O2/c1-23-15-16(18(26)21-19(23)27)25(12-13-7-6-8-14(20)11-13)22-17(15)24-9-4-2-3-5-10-24/h6-8,11H,2-5,9-10,12H2,1H3,(H,21,26,27). The van der Waals surface area contributed by atoms with Gasteiger partial charge < -0.3 is 4.90 Å². The van der Waals surface area contributed by atoms with Gasteiger partial charge in [0, 0.05) is 24.6 Å². The number of nitrogens with one attached hydrogen (secondary N) is 1. The van der Waals surface area contributed by atoms with Crippen LogP contribution in [0.2, 0.25) is 0 Å². The Morgan fingerprint density at radius 3 is 2.56 bits per heavy atom. The van der Waals surface area contributed by atoms with Gasteiger partial charge in [-0.15, -0.1) is 0 Å². The van der Waals surface area contributed by atoms with Gasteiger partial charge in [-0.05, 0) is 30.5 Å².